The van der Waals surface area contributed by atoms with Gasteiger partial charge in [-0.1, -0.05) is 13.8 Å². The van der Waals surface area contributed by atoms with Crippen LogP contribution in [0, 0.1) is 0 Å². The summed E-state index contributed by atoms with van der Waals surface area (Å²) in [4.78, 5) is 11.5. The second-order valence-electron chi connectivity index (χ2n) is 4.35. The highest BCUT2D eigenvalue weighted by Crippen LogP contribution is 1.93. The zero-order chi connectivity index (χ0) is 12.7. The van der Waals surface area contributed by atoms with Crippen LogP contribution < -0.4 is 10.6 Å². The van der Waals surface area contributed by atoms with Gasteiger partial charge >= 0.3 is 0 Å². The van der Waals surface area contributed by atoms with Crippen molar-refractivity contribution in [2.24, 2.45) is 7.05 Å². The summed E-state index contributed by atoms with van der Waals surface area (Å²) in [5.74, 6) is 0.817. The Bertz CT molecular complexity index is 347. The van der Waals surface area contributed by atoms with Crippen molar-refractivity contribution in [1.82, 2.24) is 25.4 Å². The van der Waals surface area contributed by atoms with Crippen LogP contribution in [0.3, 0.4) is 0 Å². The van der Waals surface area contributed by atoms with Gasteiger partial charge < -0.3 is 15.2 Å². The summed E-state index contributed by atoms with van der Waals surface area (Å²) in [5.41, 5.74) is 0. The second kappa shape index (κ2) is 7.01. The SMILES string of the molecule is CC(C)NCCCC(=O)NCc1nncn1C. The van der Waals surface area contributed by atoms with E-state index in [1.807, 2.05) is 7.05 Å². The fraction of sp³-hybridized carbons (Fsp3) is 0.727. The maximum atomic E-state index is 11.5. The van der Waals surface area contributed by atoms with Crippen LogP contribution in [-0.2, 0) is 18.4 Å². The molecular weight excluding hydrogens is 218 g/mol. The Labute approximate surface area is 102 Å². The van der Waals surface area contributed by atoms with Gasteiger partial charge in [-0.25, -0.2) is 0 Å². The van der Waals surface area contributed by atoms with Gasteiger partial charge in [-0.05, 0) is 13.0 Å². The Morgan fingerprint density at radius 1 is 1.53 bits per heavy atom. The smallest absolute Gasteiger partial charge is 0.220 e. The van der Waals surface area contributed by atoms with E-state index in [1.165, 1.54) is 0 Å². The molecule has 0 aliphatic carbocycles. The van der Waals surface area contributed by atoms with Crippen molar-refractivity contribution in [1.29, 1.82) is 0 Å². The zero-order valence-corrected chi connectivity index (χ0v) is 10.7. The number of rotatable bonds is 7. The Hall–Kier alpha value is -1.43. The van der Waals surface area contributed by atoms with Gasteiger partial charge in [-0.2, -0.15) is 0 Å². The van der Waals surface area contributed by atoms with Gasteiger partial charge in [-0.3, -0.25) is 4.79 Å². The Morgan fingerprint density at radius 3 is 2.88 bits per heavy atom. The molecule has 1 heterocycles. The van der Waals surface area contributed by atoms with Crippen LogP contribution in [0.15, 0.2) is 6.33 Å². The fourth-order valence-corrected chi connectivity index (χ4v) is 1.37. The molecule has 0 unspecified atom stereocenters. The summed E-state index contributed by atoms with van der Waals surface area (Å²) in [6, 6.07) is 0.469. The van der Waals surface area contributed by atoms with E-state index in [-0.39, 0.29) is 5.91 Å². The van der Waals surface area contributed by atoms with E-state index in [9.17, 15) is 4.79 Å². The Kier molecular flexibility index (Phi) is 5.62. The third-order valence-corrected chi connectivity index (χ3v) is 2.38. The summed E-state index contributed by atoms with van der Waals surface area (Å²) < 4.78 is 1.79. The highest BCUT2D eigenvalue weighted by atomic mass is 16.1. The minimum atomic E-state index is 0.0542. The molecular formula is C11H21N5O. The molecule has 2 N–H and O–H groups in total. The van der Waals surface area contributed by atoms with Gasteiger partial charge in [0.15, 0.2) is 5.82 Å². The normalized spacial score (nSPS) is 10.8. The molecule has 96 valence electrons. The van der Waals surface area contributed by atoms with Gasteiger partial charge in [0, 0.05) is 19.5 Å². The maximum absolute atomic E-state index is 11.5. The second-order valence-corrected chi connectivity index (χ2v) is 4.35. The van der Waals surface area contributed by atoms with E-state index in [4.69, 9.17) is 0 Å². The van der Waals surface area contributed by atoms with Crippen molar-refractivity contribution in [2.45, 2.75) is 39.3 Å². The third-order valence-electron chi connectivity index (χ3n) is 2.38. The molecule has 1 rings (SSSR count). The van der Waals surface area contributed by atoms with E-state index < -0.39 is 0 Å². The number of amides is 1. The van der Waals surface area contributed by atoms with E-state index >= 15 is 0 Å². The summed E-state index contributed by atoms with van der Waals surface area (Å²) in [6.07, 6.45) is 3.01. The van der Waals surface area contributed by atoms with Crippen molar-refractivity contribution < 1.29 is 4.79 Å². The molecule has 0 aliphatic heterocycles. The monoisotopic (exact) mass is 239 g/mol. The summed E-state index contributed by atoms with van der Waals surface area (Å²) >= 11 is 0. The minimum Gasteiger partial charge on any atom is -0.349 e. The summed E-state index contributed by atoms with van der Waals surface area (Å²) in [6.45, 7) is 5.49. The van der Waals surface area contributed by atoms with Crippen LogP contribution in [0.2, 0.25) is 0 Å². The number of aromatic nitrogens is 3. The van der Waals surface area contributed by atoms with E-state index in [0.29, 0.717) is 19.0 Å². The van der Waals surface area contributed by atoms with E-state index in [1.54, 1.807) is 10.9 Å². The first kappa shape index (κ1) is 13.6. The first-order chi connectivity index (χ1) is 8.09. The van der Waals surface area contributed by atoms with Crippen LogP contribution in [0.4, 0.5) is 0 Å². The number of hydrogen-bond donors (Lipinski definition) is 2. The molecule has 1 amide bonds. The molecule has 0 aliphatic rings. The van der Waals surface area contributed by atoms with Crippen molar-refractivity contribution in [3.8, 4) is 0 Å². The fourth-order valence-electron chi connectivity index (χ4n) is 1.37. The zero-order valence-electron chi connectivity index (χ0n) is 10.7. The molecule has 0 fully saturated rings. The maximum Gasteiger partial charge on any atom is 0.220 e. The molecule has 0 aromatic carbocycles. The number of nitrogens with zero attached hydrogens (tertiary/aromatic N) is 3. The summed E-state index contributed by atoms with van der Waals surface area (Å²) in [5, 5.41) is 13.7. The highest BCUT2D eigenvalue weighted by Gasteiger charge is 2.04. The molecule has 0 bridgehead atoms. The first-order valence-corrected chi connectivity index (χ1v) is 5.92. The molecule has 0 saturated carbocycles. The van der Waals surface area contributed by atoms with Crippen molar-refractivity contribution in [3.05, 3.63) is 12.2 Å². The predicted molar refractivity (Wildman–Crippen MR) is 65.2 cm³/mol. The molecule has 6 nitrogen and oxygen atoms in total. The van der Waals surface area contributed by atoms with Gasteiger partial charge in [0.1, 0.15) is 6.33 Å². The molecule has 6 heteroatoms. The van der Waals surface area contributed by atoms with E-state index in [2.05, 4.69) is 34.7 Å². The van der Waals surface area contributed by atoms with E-state index in [0.717, 1.165) is 18.8 Å². The topological polar surface area (TPSA) is 71.8 Å². The number of hydrogen-bond acceptors (Lipinski definition) is 4. The van der Waals surface area contributed by atoms with Gasteiger partial charge in [0.25, 0.3) is 0 Å². The highest BCUT2D eigenvalue weighted by molar-refractivity contribution is 5.75. The molecule has 1 aromatic rings. The van der Waals surface area contributed by atoms with Crippen LogP contribution >= 0.6 is 0 Å². The lowest BCUT2D eigenvalue weighted by molar-refractivity contribution is -0.121. The van der Waals surface area contributed by atoms with Crippen molar-refractivity contribution >= 4 is 5.91 Å². The number of carbonyl (C=O) groups is 1. The van der Waals surface area contributed by atoms with Crippen LogP contribution in [0.25, 0.3) is 0 Å². The first-order valence-electron chi connectivity index (χ1n) is 5.92. The average Bonchev–Trinajstić information content (AvgIpc) is 2.67. The van der Waals surface area contributed by atoms with Crippen molar-refractivity contribution in [3.63, 3.8) is 0 Å². The lowest BCUT2D eigenvalue weighted by Crippen LogP contribution is -2.27. The van der Waals surface area contributed by atoms with Gasteiger partial charge in [0.05, 0.1) is 6.54 Å². The predicted octanol–water partition coefficient (Wildman–Crippen LogP) is 0.210. The third kappa shape index (κ3) is 5.44. The molecule has 17 heavy (non-hydrogen) atoms. The molecule has 0 atom stereocenters. The number of carbonyl (C=O) groups excluding carboxylic acids is 1. The Balaban J connectivity index is 2.11. The lowest BCUT2D eigenvalue weighted by atomic mass is 10.2. The molecule has 1 aromatic heterocycles. The van der Waals surface area contributed by atoms with Gasteiger partial charge in [-0.15, -0.1) is 10.2 Å². The number of aryl methyl sites for hydroxylation is 1. The molecule has 0 radical (unpaired) electrons. The standard InChI is InChI=1S/C11H21N5O/c1-9(2)12-6-4-5-11(17)13-7-10-15-14-8-16(10)3/h8-9,12H,4-7H2,1-3H3,(H,13,17). The Morgan fingerprint density at radius 2 is 2.29 bits per heavy atom. The quantitative estimate of drug-likeness (QED) is 0.667. The van der Waals surface area contributed by atoms with Gasteiger partial charge in [0.2, 0.25) is 5.91 Å². The van der Waals surface area contributed by atoms with Crippen LogP contribution in [-0.4, -0.2) is 33.3 Å². The average molecular weight is 239 g/mol. The molecule has 0 spiro atoms. The molecule has 0 saturated heterocycles. The van der Waals surface area contributed by atoms with Crippen LogP contribution in [0.1, 0.15) is 32.5 Å². The summed E-state index contributed by atoms with van der Waals surface area (Å²) in [7, 11) is 1.86. The largest absolute Gasteiger partial charge is 0.349 e. The number of nitrogens with one attached hydrogen (secondary N) is 2. The lowest BCUT2D eigenvalue weighted by Gasteiger charge is -2.08. The van der Waals surface area contributed by atoms with Crippen LogP contribution in [0.5, 0.6) is 0 Å². The minimum absolute atomic E-state index is 0.0542. The van der Waals surface area contributed by atoms with Crippen molar-refractivity contribution in [2.75, 3.05) is 6.54 Å².